The van der Waals surface area contributed by atoms with Crippen molar-refractivity contribution in [3.8, 4) is 0 Å². The number of hydrogen-bond donors (Lipinski definition) is 0. The summed E-state index contributed by atoms with van der Waals surface area (Å²) in [4.78, 5) is 0. The van der Waals surface area contributed by atoms with Gasteiger partial charge in [0.25, 0.3) is 0 Å². The van der Waals surface area contributed by atoms with Crippen LogP contribution in [0.15, 0.2) is 0 Å². The molecule has 2 saturated heterocycles. The van der Waals surface area contributed by atoms with Crippen LogP contribution in [0, 0.1) is 0 Å². The molecule has 2 aliphatic heterocycles. The number of hydrogen-bond acceptors (Lipinski definition) is 4. The zero-order chi connectivity index (χ0) is 9.74. The van der Waals surface area contributed by atoms with Crippen LogP contribution in [0.2, 0.25) is 0 Å². The van der Waals surface area contributed by atoms with Crippen LogP contribution in [0.5, 0.6) is 0 Å². The van der Waals surface area contributed by atoms with Crippen LogP contribution < -0.4 is 0 Å². The van der Waals surface area contributed by atoms with Gasteiger partial charge < -0.3 is 0 Å². The quantitative estimate of drug-likeness (QED) is 0.571. The maximum absolute atomic E-state index is 5.76. The molecule has 0 bridgehead atoms. The molecule has 0 N–H and O–H groups in total. The highest BCUT2D eigenvalue weighted by Crippen LogP contribution is 2.75. The standard InChI is InChI=1S/C8H16O4P/c1-7(2)8(3,4)12-13(11-7)9-5-6-10-13/h5-6H2,1-4H3/q+1. The molecule has 0 amide bonds. The smallest absolute Gasteiger partial charge is 0.150 e. The first-order valence-electron chi connectivity index (χ1n) is 4.47. The molecule has 0 unspecified atom stereocenters. The molecule has 2 aliphatic rings. The second-order valence-corrected chi connectivity index (χ2v) is 6.09. The van der Waals surface area contributed by atoms with E-state index in [2.05, 4.69) is 0 Å². The highest BCUT2D eigenvalue weighted by Gasteiger charge is 2.71. The molecule has 2 rings (SSSR count). The van der Waals surface area contributed by atoms with Crippen molar-refractivity contribution in [3.05, 3.63) is 0 Å². The fourth-order valence-corrected chi connectivity index (χ4v) is 3.71. The van der Waals surface area contributed by atoms with E-state index in [0.29, 0.717) is 13.2 Å². The van der Waals surface area contributed by atoms with Gasteiger partial charge in [-0.25, -0.2) is 0 Å². The van der Waals surface area contributed by atoms with Crippen LogP contribution in [0.3, 0.4) is 0 Å². The molecular weight excluding hydrogens is 191 g/mol. The van der Waals surface area contributed by atoms with Gasteiger partial charge in [0.1, 0.15) is 24.4 Å². The van der Waals surface area contributed by atoms with Crippen LogP contribution in [0.25, 0.3) is 0 Å². The van der Waals surface area contributed by atoms with Crippen LogP contribution in [0.1, 0.15) is 27.7 Å². The normalized spacial score (nSPS) is 34.2. The van der Waals surface area contributed by atoms with Crippen LogP contribution in [-0.4, -0.2) is 24.4 Å². The number of rotatable bonds is 0. The summed E-state index contributed by atoms with van der Waals surface area (Å²) in [5.41, 5.74) is -0.712. The Balaban J connectivity index is 2.23. The molecule has 1 spiro atoms. The molecule has 2 heterocycles. The first-order chi connectivity index (χ1) is 5.87. The Morgan fingerprint density at radius 3 is 1.62 bits per heavy atom. The molecule has 0 aliphatic carbocycles. The van der Waals surface area contributed by atoms with Gasteiger partial charge in [0.2, 0.25) is 0 Å². The summed E-state index contributed by atoms with van der Waals surface area (Å²) < 4.78 is 22.3. The monoisotopic (exact) mass is 207 g/mol. The minimum absolute atomic E-state index is 0.356. The Morgan fingerprint density at radius 1 is 0.846 bits per heavy atom. The third kappa shape index (κ3) is 1.41. The van der Waals surface area contributed by atoms with Gasteiger partial charge in [0.05, 0.1) is 0 Å². The fourth-order valence-electron chi connectivity index (χ4n) is 1.24. The highest BCUT2D eigenvalue weighted by atomic mass is 31.2. The van der Waals surface area contributed by atoms with Crippen molar-refractivity contribution in [2.24, 2.45) is 0 Å². The van der Waals surface area contributed by atoms with E-state index in [1.165, 1.54) is 0 Å². The van der Waals surface area contributed by atoms with E-state index in [9.17, 15) is 0 Å². The van der Waals surface area contributed by atoms with E-state index < -0.39 is 8.17 Å². The zero-order valence-corrected chi connectivity index (χ0v) is 9.39. The van der Waals surface area contributed by atoms with Gasteiger partial charge in [0.15, 0.2) is 0 Å². The topological polar surface area (TPSA) is 36.9 Å². The molecule has 0 aromatic heterocycles. The minimum atomic E-state index is -2.44. The van der Waals surface area contributed by atoms with Crippen molar-refractivity contribution >= 4 is 8.17 Å². The fraction of sp³-hybridized carbons (Fsp3) is 1.00. The molecule has 5 heteroatoms. The minimum Gasteiger partial charge on any atom is -0.150 e. The average molecular weight is 207 g/mol. The Kier molecular flexibility index (Phi) is 2.00. The molecule has 13 heavy (non-hydrogen) atoms. The molecule has 0 aromatic carbocycles. The predicted molar refractivity (Wildman–Crippen MR) is 49.2 cm³/mol. The van der Waals surface area contributed by atoms with Crippen molar-refractivity contribution in [3.63, 3.8) is 0 Å². The molecule has 0 saturated carbocycles. The van der Waals surface area contributed by atoms with Crippen LogP contribution in [0.4, 0.5) is 0 Å². The lowest BCUT2D eigenvalue weighted by Crippen LogP contribution is -2.41. The first-order valence-corrected chi connectivity index (χ1v) is 5.93. The van der Waals surface area contributed by atoms with E-state index in [-0.39, 0.29) is 11.2 Å². The summed E-state index contributed by atoms with van der Waals surface area (Å²) in [5, 5.41) is 0. The van der Waals surface area contributed by atoms with E-state index in [4.69, 9.17) is 18.1 Å². The maximum atomic E-state index is 5.76. The van der Waals surface area contributed by atoms with Crippen molar-refractivity contribution in [2.75, 3.05) is 13.2 Å². The Labute approximate surface area is 79.2 Å². The molecule has 4 nitrogen and oxygen atoms in total. The lowest BCUT2D eigenvalue weighted by Gasteiger charge is -2.23. The highest BCUT2D eigenvalue weighted by molar-refractivity contribution is 7.57. The average Bonchev–Trinajstić information content (AvgIpc) is 2.39. The SMILES string of the molecule is CC1(C)O[P+]2(OCCO2)OC1(C)C. The summed E-state index contributed by atoms with van der Waals surface area (Å²) in [5.74, 6) is 0. The van der Waals surface area contributed by atoms with Gasteiger partial charge in [-0.1, -0.05) is 0 Å². The summed E-state index contributed by atoms with van der Waals surface area (Å²) in [6.07, 6.45) is 0. The van der Waals surface area contributed by atoms with Crippen molar-refractivity contribution in [2.45, 2.75) is 38.9 Å². The zero-order valence-electron chi connectivity index (χ0n) is 8.49. The summed E-state index contributed by atoms with van der Waals surface area (Å²) in [6, 6.07) is 0. The third-order valence-electron chi connectivity index (χ3n) is 2.71. The van der Waals surface area contributed by atoms with E-state index in [1.807, 2.05) is 27.7 Å². The summed E-state index contributed by atoms with van der Waals surface area (Å²) in [6.45, 7) is 9.11. The maximum Gasteiger partial charge on any atom is 0.576 e. The van der Waals surface area contributed by atoms with E-state index in [0.717, 1.165) is 0 Å². The summed E-state index contributed by atoms with van der Waals surface area (Å²) in [7, 11) is -2.44. The van der Waals surface area contributed by atoms with Gasteiger partial charge in [-0.2, -0.15) is 9.05 Å². The van der Waals surface area contributed by atoms with E-state index >= 15 is 0 Å². The lowest BCUT2D eigenvalue weighted by molar-refractivity contribution is 0.00578. The molecule has 0 aromatic rings. The van der Waals surface area contributed by atoms with Gasteiger partial charge in [0, 0.05) is 0 Å². The molecular formula is C8H16O4P+. The Morgan fingerprint density at radius 2 is 1.23 bits per heavy atom. The van der Waals surface area contributed by atoms with Gasteiger partial charge in [-0.3, -0.25) is 0 Å². The van der Waals surface area contributed by atoms with Gasteiger partial charge in [-0.05, 0) is 27.7 Å². The van der Waals surface area contributed by atoms with Gasteiger partial charge >= 0.3 is 8.17 Å². The van der Waals surface area contributed by atoms with Crippen molar-refractivity contribution < 1.29 is 18.1 Å². The van der Waals surface area contributed by atoms with E-state index in [1.54, 1.807) is 0 Å². The van der Waals surface area contributed by atoms with Crippen LogP contribution >= 0.6 is 8.17 Å². The molecule has 76 valence electrons. The first kappa shape index (κ1) is 9.81. The van der Waals surface area contributed by atoms with Crippen molar-refractivity contribution in [1.82, 2.24) is 0 Å². The second-order valence-electron chi connectivity index (χ2n) is 4.32. The van der Waals surface area contributed by atoms with Crippen LogP contribution in [-0.2, 0) is 18.1 Å². The Bertz CT molecular complexity index is 202. The molecule has 2 fully saturated rings. The van der Waals surface area contributed by atoms with Gasteiger partial charge in [-0.15, -0.1) is 9.05 Å². The molecule has 0 atom stereocenters. The largest absolute Gasteiger partial charge is 0.576 e. The lowest BCUT2D eigenvalue weighted by atomic mass is 9.90. The predicted octanol–water partition coefficient (Wildman–Crippen LogP) is 2.31. The Hall–Kier alpha value is 0.270. The van der Waals surface area contributed by atoms with Crippen molar-refractivity contribution in [1.29, 1.82) is 0 Å². The third-order valence-corrected chi connectivity index (χ3v) is 5.07. The second kappa shape index (κ2) is 2.65. The molecule has 0 radical (unpaired) electrons. The summed E-state index contributed by atoms with van der Waals surface area (Å²) >= 11 is 0.